The minimum Gasteiger partial charge on any atom is -0.443 e. The van der Waals surface area contributed by atoms with E-state index in [9.17, 15) is 22.4 Å². The summed E-state index contributed by atoms with van der Waals surface area (Å²) in [6.07, 6.45) is -0.955. The van der Waals surface area contributed by atoms with Crippen molar-refractivity contribution in [3.8, 4) is 5.75 Å². The van der Waals surface area contributed by atoms with E-state index in [1.54, 1.807) is 0 Å². The number of hydrogen-bond donors (Lipinski definition) is 1. The lowest BCUT2D eigenvalue weighted by Crippen LogP contribution is -2.49. The fourth-order valence-electron chi connectivity index (χ4n) is 1.68. The first-order valence-corrected chi connectivity index (χ1v) is 5.24. The maximum Gasteiger partial charge on any atom is 0.408 e. The number of ether oxygens (including phenoxy) is 2. The summed E-state index contributed by atoms with van der Waals surface area (Å²) < 4.78 is 59.3. The van der Waals surface area contributed by atoms with Gasteiger partial charge in [-0.15, -0.1) is 0 Å². The van der Waals surface area contributed by atoms with Crippen LogP contribution in [0.1, 0.15) is 11.6 Å². The van der Waals surface area contributed by atoms with Gasteiger partial charge in [0.2, 0.25) is 0 Å². The molecule has 0 saturated carbocycles. The summed E-state index contributed by atoms with van der Waals surface area (Å²) in [5, 5.41) is 1.98. The highest BCUT2D eigenvalue weighted by Crippen LogP contribution is 2.35. The van der Waals surface area contributed by atoms with E-state index in [0.717, 1.165) is 12.1 Å². The highest BCUT2D eigenvalue weighted by Gasteiger charge is 2.46. The van der Waals surface area contributed by atoms with Crippen LogP contribution in [-0.2, 0) is 4.74 Å². The van der Waals surface area contributed by atoms with E-state index < -0.39 is 31.3 Å². The third kappa shape index (κ3) is 3.07. The zero-order valence-electron chi connectivity index (χ0n) is 9.41. The number of benzene rings is 1. The Morgan fingerprint density at radius 1 is 1.32 bits per heavy atom. The summed E-state index contributed by atoms with van der Waals surface area (Å²) in [4.78, 5) is 11.0. The van der Waals surface area contributed by atoms with Gasteiger partial charge in [-0.25, -0.2) is 13.6 Å². The van der Waals surface area contributed by atoms with E-state index in [1.807, 2.05) is 5.32 Å². The number of cyclic esters (lactones) is 1. The summed E-state index contributed by atoms with van der Waals surface area (Å²) >= 11 is 0. The first-order valence-electron chi connectivity index (χ1n) is 5.24. The second-order valence-electron chi connectivity index (χ2n) is 3.86. The molecule has 0 bridgehead atoms. The molecule has 1 aromatic rings. The Balaban J connectivity index is 2.18. The quantitative estimate of drug-likeness (QED) is 0.865. The number of carbonyl (C=O) groups is 1. The fourth-order valence-corrected chi connectivity index (χ4v) is 1.68. The van der Waals surface area contributed by atoms with Crippen LogP contribution in [0.2, 0.25) is 0 Å². The number of alkyl halides is 4. The number of amides is 1. The minimum absolute atomic E-state index is 0.0725. The summed E-state index contributed by atoms with van der Waals surface area (Å²) in [6.45, 7) is -4.02. The monoisotopic (exact) mass is 279 g/mol. The topological polar surface area (TPSA) is 47.6 Å². The van der Waals surface area contributed by atoms with E-state index >= 15 is 0 Å². The van der Waals surface area contributed by atoms with Gasteiger partial charge in [-0.2, -0.15) is 8.78 Å². The van der Waals surface area contributed by atoms with E-state index in [1.165, 1.54) is 12.1 Å². The van der Waals surface area contributed by atoms with Gasteiger partial charge < -0.3 is 14.8 Å². The molecule has 1 aliphatic heterocycles. The average molecular weight is 279 g/mol. The molecule has 19 heavy (non-hydrogen) atoms. The smallest absolute Gasteiger partial charge is 0.408 e. The molecule has 2 rings (SSSR count). The predicted octanol–water partition coefficient (Wildman–Crippen LogP) is 2.70. The Morgan fingerprint density at radius 3 is 2.53 bits per heavy atom. The highest BCUT2D eigenvalue weighted by atomic mass is 19.3. The van der Waals surface area contributed by atoms with Crippen LogP contribution in [0.25, 0.3) is 0 Å². The normalized spacial score (nSPS) is 21.7. The number of hydrogen-bond acceptors (Lipinski definition) is 3. The van der Waals surface area contributed by atoms with Crippen LogP contribution >= 0.6 is 0 Å². The zero-order valence-corrected chi connectivity index (χ0v) is 9.41. The lowest BCUT2D eigenvalue weighted by Gasteiger charge is -2.31. The summed E-state index contributed by atoms with van der Waals surface area (Å²) in [5.41, 5.74) is 0.0725. The van der Waals surface area contributed by atoms with Crippen molar-refractivity contribution >= 4 is 6.09 Å². The van der Waals surface area contributed by atoms with E-state index in [-0.39, 0.29) is 11.3 Å². The van der Waals surface area contributed by atoms with Crippen molar-refractivity contribution in [2.45, 2.75) is 18.6 Å². The molecule has 1 amide bonds. The average Bonchev–Trinajstić information content (AvgIpc) is 2.33. The Morgan fingerprint density at radius 2 is 1.95 bits per heavy atom. The second-order valence-corrected chi connectivity index (χ2v) is 3.86. The Kier molecular flexibility index (Phi) is 3.50. The molecule has 0 spiro atoms. The van der Waals surface area contributed by atoms with Crippen molar-refractivity contribution < 1.29 is 31.8 Å². The highest BCUT2D eigenvalue weighted by molar-refractivity contribution is 5.69. The molecule has 1 aliphatic rings. The first kappa shape index (κ1) is 13.4. The van der Waals surface area contributed by atoms with Crippen molar-refractivity contribution in [1.29, 1.82) is 0 Å². The van der Waals surface area contributed by atoms with Gasteiger partial charge in [0.25, 0.3) is 0 Å². The molecule has 1 aromatic carbocycles. The summed E-state index contributed by atoms with van der Waals surface area (Å²) in [7, 11) is 0. The van der Waals surface area contributed by atoms with Crippen LogP contribution in [0, 0.1) is 0 Å². The van der Waals surface area contributed by atoms with Crippen molar-refractivity contribution in [3.05, 3.63) is 29.8 Å². The molecular weight excluding hydrogens is 270 g/mol. The zero-order chi connectivity index (χ0) is 14.0. The van der Waals surface area contributed by atoms with Crippen LogP contribution in [0.15, 0.2) is 24.3 Å². The van der Waals surface area contributed by atoms with Gasteiger partial charge in [-0.3, -0.25) is 0 Å². The molecule has 0 radical (unpaired) electrons. The van der Waals surface area contributed by atoms with Crippen molar-refractivity contribution in [1.82, 2.24) is 5.32 Å². The lowest BCUT2D eigenvalue weighted by molar-refractivity contribution is -0.104. The molecule has 0 unspecified atom stereocenters. The first-order chi connectivity index (χ1) is 8.88. The van der Waals surface area contributed by atoms with Crippen LogP contribution in [-0.4, -0.2) is 25.2 Å². The third-order valence-corrected chi connectivity index (χ3v) is 2.52. The maximum absolute atomic E-state index is 13.5. The van der Waals surface area contributed by atoms with Gasteiger partial charge in [-0.05, 0) is 17.7 Å². The van der Waals surface area contributed by atoms with Gasteiger partial charge in [0.05, 0.1) is 0 Å². The molecule has 1 atom stereocenters. The lowest BCUT2D eigenvalue weighted by atomic mass is 10.00. The van der Waals surface area contributed by atoms with E-state index in [0.29, 0.717) is 0 Å². The maximum atomic E-state index is 13.5. The molecule has 1 N–H and O–H groups in total. The van der Waals surface area contributed by atoms with Crippen molar-refractivity contribution in [3.63, 3.8) is 0 Å². The van der Waals surface area contributed by atoms with Crippen LogP contribution in [0.4, 0.5) is 22.4 Å². The molecule has 0 aromatic heterocycles. The molecule has 0 aliphatic carbocycles. The Bertz CT molecular complexity index is 464. The number of carbonyl (C=O) groups excluding carboxylic acids is 1. The van der Waals surface area contributed by atoms with Gasteiger partial charge in [0, 0.05) is 0 Å². The molecule has 8 heteroatoms. The van der Waals surface area contributed by atoms with Crippen molar-refractivity contribution in [2.75, 3.05) is 6.61 Å². The molecule has 1 saturated heterocycles. The van der Waals surface area contributed by atoms with Gasteiger partial charge in [-0.1, -0.05) is 12.1 Å². The number of halogens is 4. The standard InChI is InChI=1S/C11H9F4NO3/c12-9(13)19-7-3-1-6(2-4-7)8-11(14,15)5-18-10(17)16-8/h1-4,8-9H,5H2,(H,16,17)/t8-/m0/s1. The SMILES string of the molecule is O=C1N[C@@H](c2ccc(OC(F)F)cc2)C(F)(F)CO1. The van der Waals surface area contributed by atoms with Crippen LogP contribution in [0.5, 0.6) is 5.75 Å². The van der Waals surface area contributed by atoms with Gasteiger partial charge >= 0.3 is 18.6 Å². The van der Waals surface area contributed by atoms with Crippen molar-refractivity contribution in [2.24, 2.45) is 0 Å². The Labute approximate surface area is 105 Å². The molecular formula is C11H9F4NO3. The van der Waals surface area contributed by atoms with E-state index in [2.05, 4.69) is 9.47 Å². The summed E-state index contributed by atoms with van der Waals surface area (Å²) in [5.74, 6) is -3.43. The predicted molar refractivity (Wildman–Crippen MR) is 55.2 cm³/mol. The fraction of sp³-hybridized carbons (Fsp3) is 0.364. The largest absolute Gasteiger partial charge is 0.443 e. The number of alkyl carbamates (subject to hydrolysis) is 1. The molecule has 1 heterocycles. The van der Waals surface area contributed by atoms with Gasteiger partial charge in [0.15, 0.2) is 6.61 Å². The van der Waals surface area contributed by atoms with Crippen LogP contribution < -0.4 is 10.1 Å². The van der Waals surface area contributed by atoms with Gasteiger partial charge in [0.1, 0.15) is 11.8 Å². The Hall–Kier alpha value is -1.99. The minimum atomic E-state index is -3.28. The summed E-state index contributed by atoms with van der Waals surface area (Å²) in [6, 6.07) is 3.05. The molecule has 1 fully saturated rings. The number of rotatable bonds is 3. The second kappa shape index (κ2) is 4.94. The molecule has 4 nitrogen and oxygen atoms in total. The number of nitrogens with one attached hydrogen (secondary N) is 1. The van der Waals surface area contributed by atoms with E-state index in [4.69, 9.17) is 0 Å². The third-order valence-electron chi connectivity index (χ3n) is 2.52. The van der Waals surface area contributed by atoms with Crippen LogP contribution in [0.3, 0.4) is 0 Å². The molecule has 104 valence electrons.